The van der Waals surface area contributed by atoms with Crippen molar-refractivity contribution < 1.29 is 53.7 Å². The van der Waals surface area contributed by atoms with Crippen LogP contribution in [-0.4, -0.2) is 23.4 Å². The molecule has 1 heterocycles. The summed E-state index contributed by atoms with van der Waals surface area (Å²) in [7, 11) is 0. The van der Waals surface area contributed by atoms with Crippen LogP contribution in [0.2, 0.25) is 0 Å². The van der Waals surface area contributed by atoms with E-state index in [4.69, 9.17) is 9.15 Å². The number of carbonyl (C=O) groups is 1. The Morgan fingerprint density at radius 1 is 1.00 bits per heavy atom. The van der Waals surface area contributed by atoms with Gasteiger partial charge >= 0.3 is 29.6 Å². The van der Waals surface area contributed by atoms with E-state index < -0.39 is 12.6 Å². The minimum atomic E-state index is -1.30. The molecule has 36 heavy (non-hydrogen) atoms. The van der Waals surface area contributed by atoms with Crippen LogP contribution in [0.3, 0.4) is 0 Å². The van der Waals surface area contributed by atoms with Gasteiger partial charge in [0.05, 0.1) is 10.7 Å². The molecule has 0 bridgehead atoms. The molecule has 0 saturated heterocycles. The van der Waals surface area contributed by atoms with Crippen LogP contribution in [0.1, 0.15) is 42.2 Å². The molecule has 1 N–H and O–H groups in total. The first-order chi connectivity index (χ1) is 17.1. The summed E-state index contributed by atoms with van der Waals surface area (Å²) in [5.74, 6) is 0.303. The molecule has 0 spiro atoms. The quantitative estimate of drug-likeness (QED) is 0.293. The van der Waals surface area contributed by atoms with E-state index in [9.17, 15) is 15.0 Å². The number of thioether (sulfide) groups is 1. The maximum Gasteiger partial charge on any atom is 1.00 e. The maximum absolute atomic E-state index is 10.9. The molecule has 0 aliphatic carbocycles. The summed E-state index contributed by atoms with van der Waals surface area (Å²) in [6.45, 7) is 1.40. The van der Waals surface area contributed by atoms with Gasteiger partial charge in [-0.1, -0.05) is 86.1 Å². The third-order valence-electron chi connectivity index (χ3n) is 6.14. The molecule has 4 aromatic rings. The second-order valence-electron chi connectivity index (χ2n) is 8.36. The molecule has 1 aromatic heterocycles. The molecule has 4 rings (SSSR count). The SMILES string of the molecule is CCCC(SCCc1c(CO)oc2c(OCC(=O)[O-])cccc12)(c1ccccc1)c1ccccc1.[Na+]. The molecule has 0 fully saturated rings. The molecule has 3 aromatic carbocycles. The van der Waals surface area contributed by atoms with Gasteiger partial charge in [0.1, 0.15) is 19.0 Å². The monoisotopic (exact) mass is 512 g/mol. The van der Waals surface area contributed by atoms with Gasteiger partial charge in [-0.15, -0.1) is 11.8 Å². The Balaban J connectivity index is 0.00000361. The number of carboxylic acid groups (broad SMARTS) is 1. The molecule has 182 valence electrons. The Labute approximate surface area is 238 Å². The van der Waals surface area contributed by atoms with Gasteiger partial charge in [-0.05, 0) is 35.8 Å². The standard InChI is InChI=1S/C29H30O5S.Na/c1-2-17-29(21-10-5-3-6-11-21,22-12-7-4-8-13-22)35-18-16-23-24-14-9-15-25(33-20-27(31)32)28(24)34-26(23)19-30;/h3-15,30H,2,16-20H2,1H3,(H,31,32);/q;+1/p-1. The van der Waals surface area contributed by atoms with Crippen molar-refractivity contribution in [3.05, 3.63) is 101 Å². The largest absolute Gasteiger partial charge is 1.00 e. The van der Waals surface area contributed by atoms with Crippen molar-refractivity contribution in [2.75, 3.05) is 12.4 Å². The first-order valence-electron chi connectivity index (χ1n) is 11.8. The van der Waals surface area contributed by atoms with Crippen LogP contribution in [0.5, 0.6) is 5.75 Å². The predicted molar refractivity (Wildman–Crippen MR) is 137 cm³/mol. The zero-order valence-corrected chi connectivity index (χ0v) is 23.6. The molecule has 0 aliphatic rings. The number of fused-ring (bicyclic) bond motifs is 1. The molecule has 0 unspecified atom stereocenters. The van der Waals surface area contributed by atoms with Gasteiger partial charge in [-0.2, -0.15) is 0 Å². The first-order valence-corrected chi connectivity index (χ1v) is 12.8. The number of carbonyl (C=O) groups excluding carboxylic acids is 1. The van der Waals surface area contributed by atoms with Gasteiger partial charge in [0.15, 0.2) is 11.3 Å². The minimum Gasteiger partial charge on any atom is -0.546 e. The molecule has 0 radical (unpaired) electrons. The van der Waals surface area contributed by atoms with Gasteiger partial charge in [-0.25, -0.2) is 0 Å². The second-order valence-corrected chi connectivity index (χ2v) is 9.76. The third-order valence-corrected chi connectivity index (χ3v) is 7.71. The molecule has 0 amide bonds. The summed E-state index contributed by atoms with van der Waals surface area (Å²) in [4.78, 5) is 10.9. The normalized spacial score (nSPS) is 11.3. The van der Waals surface area contributed by atoms with Crippen LogP contribution in [0.15, 0.2) is 83.3 Å². The summed E-state index contributed by atoms with van der Waals surface area (Å²) in [5.41, 5.74) is 3.91. The fraction of sp³-hybridized carbons (Fsp3) is 0.276. The molecule has 0 atom stereocenters. The average Bonchev–Trinajstić information content (AvgIpc) is 3.26. The number of aliphatic hydroxyl groups excluding tert-OH is 1. The minimum absolute atomic E-state index is 0. The van der Waals surface area contributed by atoms with Crippen LogP contribution >= 0.6 is 11.8 Å². The number of benzene rings is 3. The van der Waals surface area contributed by atoms with E-state index in [0.29, 0.717) is 23.5 Å². The number of furan rings is 1. The number of carboxylic acids is 1. The van der Waals surface area contributed by atoms with E-state index in [1.54, 1.807) is 12.1 Å². The molecule has 0 saturated carbocycles. The average molecular weight is 513 g/mol. The summed E-state index contributed by atoms with van der Waals surface area (Å²) in [5, 5.41) is 21.7. The maximum atomic E-state index is 10.9. The third kappa shape index (κ3) is 6.18. The number of para-hydroxylation sites is 1. The Hall–Kier alpha value is -2.22. The van der Waals surface area contributed by atoms with E-state index in [2.05, 4.69) is 55.5 Å². The number of hydrogen-bond donors (Lipinski definition) is 1. The smallest absolute Gasteiger partial charge is 0.546 e. The van der Waals surface area contributed by atoms with Crippen LogP contribution < -0.4 is 39.4 Å². The topological polar surface area (TPSA) is 82.7 Å². The second kappa shape index (κ2) is 13.4. The van der Waals surface area contributed by atoms with Crippen molar-refractivity contribution in [1.29, 1.82) is 0 Å². The number of rotatable bonds is 12. The van der Waals surface area contributed by atoms with Gasteiger partial charge in [0.25, 0.3) is 0 Å². The number of aliphatic hydroxyl groups is 1. The first kappa shape index (κ1) is 28.4. The van der Waals surface area contributed by atoms with Crippen molar-refractivity contribution in [1.82, 2.24) is 0 Å². The summed E-state index contributed by atoms with van der Waals surface area (Å²) in [6.07, 6.45) is 2.71. The summed E-state index contributed by atoms with van der Waals surface area (Å²) < 4.78 is 11.1. The zero-order valence-electron chi connectivity index (χ0n) is 20.7. The summed E-state index contributed by atoms with van der Waals surface area (Å²) >= 11 is 1.90. The molecule has 7 heteroatoms. The van der Waals surface area contributed by atoms with Gasteiger partial charge in [-0.3, -0.25) is 0 Å². The van der Waals surface area contributed by atoms with Crippen molar-refractivity contribution in [2.24, 2.45) is 0 Å². The van der Waals surface area contributed by atoms with Crippen molar-refractivity contribution in [3.8, 4) is 5.75 Å². The molecular weight excluding hydrogens is 483 g/mol. The number of aryl methyl sites for hydroxylation is 1. The molecule has 0 aliphatic heterocycles. The fourth-order valence-electron chi connectivity index (χ4n) is 4.63. The molecule has 5 nitrogen and oxygen atoms in total. The van der Waals surface area contributed by atoms with Gasteiger partial charge < -0.3 is 24.2 Å². The van der Waals surface area contributed by atoms with Crippen LogP contribution in [0.25, 0.3) is 11.0 Å². The predicted octanol–water partition coefficient (Wildman–Crippen LogP) is 2.08. The summed E-state index contributed by atoms with van der Waals surface area (Å²) in [6, 6.07) is 26.6. The molecular formula is C29H29NaO5S. The van der Waals surface area contributed by atoms with E-state index in [-0.39, 0.29) is 40.9 Å². The van der Waals surface area contributed by atoms with E-state index in [1.807, 2.05) is 30.0 Å². The van der Waals surface area contributed by atoms with E-state index in [1.165, 1.54) is 11.1 Å². The zero-order chi connectivity index (χ0) is 24.7. The van der Waals surface area contributed by atoms with E-state index in [0.717, 1.165) is 29.5 Å². The van der Waals surface area contributed by atoms with Crippen molar-refractivity contribution in [2.45, 2.75) is 37.5 Å². The van der Waals surface area contributed by atoms with Crippen LogP contribution in [-0.2, 0) is 22.6 Å². The number of aliphatic carboxylic acids is 1. The number of ether oxygens (including phenoxy) is 1. The van der Waals surface area contributed by atoms with E-state index >= 15 is 0 Å². The Morgan fingerprint density at radius 3 is 2.19 bits per heavy atom. The van der Waals surface area contributed by atoms with Crippen LogP contribution in [0.4, 0.5) is 0 Å². The van der Waals surface area contributed by atoms with Crippen LogP contribution in [0, 0.1) is 0 Å². The Morgan fingerprint density at radius 2 is 1.64 bits per heavy atom. The Kier molecular flexibility index (Phi) is 10.5. The van der Waals surface area contributed by atoms with Crippen molar-refractivity contribution in [3.63, 3.8) is 0 Å². The van der Waals surface area contributed by atoms with Crippen molar-refractivity contribution >= 4 is 28.7 Å². The number of hydrogen-bond acceptors (Lipinski definition) is 6. The fourth-order valence-corrected chi connectivity index (χ4v) is 6.24. The Bertz CT molecular complexity index is 1220. The van der Waals surface area contributed by atoms with Gasteiger partial charge in [0, 0.05) is 10.9 Å². The van der Waals surface area contributed by atoms with Gasteiger partial charge in [0.2, 0.25) is 0 Å².